The van der Waals surface area contributed by atoms with Gasteiger partial charge in [0.25, 0.3) is 11.8 Å². The number of rotatable bonds is 8. The zero-order valence-corrected chi connectivity index (χ0v) is 15.2. The topological polar surface area (TPSA) is 122 Å². The number of carboxylic acids is 1. The number of furan rings is 2. The van der Waals surface area contributed by atoms with Gasteiger partial charge in [0.1, 0.15) is 17.5 Å². The van der Waals surface area contributed by atoms with Crippen LogP contribution < -0.4 is 10.6 Å². The molecule has 0 aliphatic rings. The van der Waals surface area contributed by atoms with E-state index in [0.29, 0.717) is 5.76 Å². The number of amides is 2. The molecule has 3 N–H and O–H groups in total. The maximum absolute atomic E-state index is 12.7. The van der Waals surface area contributed by atoms with Crippen LogP contribution in [0, 0.1) is 0 Å². The third kappa shape index (κ3) is 5.46. The molecule has 1 aromatic carbocycles. The molecule has 0 bridgehead atoms. The number of benzene rings is 1. The van der Waals surface area contributed by atoms with Crippen molar-refractivity contribution in [1.29, 1.82) is 0 Å². The Labute approximate surface area is 165 Å². The smallest absolute Gasteiger partial charge is 0.326 e. The van der Waals surface area contributed by atoms with Crippen molar-refractivity contribution in [2.24, 2.45) is 0 Å². The molecular weight excluding hydrogens is 376 g/mol. The molecule has 3 aromatic rings. The fraction of sp³-hybridized carbons (Fsp3) is 0.0952. The third-order valence-corrected chi connectivity index (χ3v) is 3.95. The minimum atomic E-state index is -1.20. The summed E-state index contributed by atoms with van der Waals surface area (Å²) in [4.78, 5) is 36.7. The highest BCUT2D eigenvalue weighted by molar-refractivity contribution is 6.05. The number of carbonyl (C=O) groups excluding carboxylic acids is 2. The first-order valence-electron chi connectivity index (χ1n) is 8.70. The molecule has 2 heterocycles. The van der Waals surface area contributed by atoms with E-state index < -0.39 is 23.8 Å². The van der Waals surface area contributed by atoms with E-state index in [2.05, 4.69) is 10.6 Å². The number of nitrogens with one attached hydrogen (secondary N) is 2. The molecule has 29 heavy (non-hydrogen) atoms. The molecule has 0 saturated carbocycles. The minimum absolute atomic E-state index is 0.00205. The van der Waals surface area contributed by atoms with Crippen molar-refractivity contribution in [1.82, 2.24) is 10.6 Å². The van der Waals surface area contributed by atoms with Crippen LogP contribution >= 0.6 is 0 Å². The maximum Gasteiger partial charge on any atom is 0.326 e. The molecule has 0 aliphatic heterocycles. The SMILES string of the molecule is O=C(N[C@@H](Cc1ccccc1)C(=O)O)/C(=C\c1ccco1)NC(=O)c1ccco1. The summed E-state index contributed by atoms with van der Waals surface area (Å²) in [6.45, 7) is 0. The molecule has 2 amide bonds. The van der Waals surface area contributed by atoms with Crippen molar-refractivity contribution in [3.63, 3.8) is 0 Å². The van der Waals surface area contributed by atoms with Gasteiger partial charge in [0.05, 0.1) is 12.5 Å². The molecule has 0 radical (unpaired) electrons. The predicted molar refractivity (Wildman–Crippen MR) is 103 cm³/mol. The van der Waals surface area contributed by atoms with Crippen LogP contribution in [0.15, 0.2) is 81.7 Å². The normalized spacial score (nSPS) is 12.2. The van der Waals surface area contributed by atoms with Crippen LogP contribution in [0.25, 0.3) is 6.08 Å². The fourth-order valence-corrected chi connectivity index (χ4v) is 2.55. The van der Waals surface area contributed by atoms with Gasteiger partial charge in [-0.25, -0.2) is 4.79 Å². The van der Waals surface area contributed by atoms with Crippen LogP contribution in [-0.4, -0.2) is 28.9 Å². The van der Waals surface area contributed by atoms with Gasteiger partial charge >= 0.3 is 5.97 Å². The quantitative estimate of drug-likeness (QED) is 0.505. The molecule has 0 fully saturated rings. The van der Waals surface area contributed by atoms with Gasteiger partial charge in [0.15, 0.2) is 5.76 Å². The molecule has 8 nitrogen and oxygen atoms in total. The Morgan fingerprint density at radius 2 is 1.69 bits per heavy atom. The van der Waals surface area contributed by atoms with Crippen LogP contribution in [0.5, 0.6) is 0 Å². The monoisotopic (exact) mass is 394 g/mol. The minimum Gasteiger partial charge on any atom is -0.480 e. The molecule has 0 aliphatic carbocycles. The van der Waals surface area contributed by atoms with Crippen LogP contribution in [0.1, 0.15) is 21.9 Å². The highest BCUT2D eigenvalue weighted by atomic mass is 16.4. The number of hydrogen-bond donors (Lipinski definition) is 3. The van der Waals surface area contributed by atoms with Crippen LogP contribution in [-0.2, 0) is 16.0 Å². The zero-order chi connectivity index (χ0) is 20.6. The second-order valence-electron chi connectivity index (χ2n) is 6.06. The summed E-state index contributed by atoms with van der Waals surface area (Å²) in [6, 6.07) is 13.9. The highest BCUT2D eigenvalue weighted by Crippen LogP contribution is 2.10. The summed E-state index contributed by atoms with van der Waals surface area (Å²) < 4.78 is 10.2. The van der Waals surface area contributed by atoms with E-state index in [1.54, 1.807) is 36.4 Å². The fourth-order valence-electron chi connectivity index (χ4n) is 2.55. The Morgan fingerprint density at radius 1 is 0.966 bits per heavy atom. The summed E-state index contributed by atoms with van der Waals surface area (Å²) in [5.74, 6) is -2.31. The molecule has 1 atom stereocenters. The Hall–Kier alpha value is -4.07. The number of carbonyl (C=O) groups is 3. The molecule has 0 unspecified atom stereocenters. The second-order valence-corrected chi connectivity index (χ2v) is 6.06. The number of hydrogen-bond acceptors (Lipinski definition) is 5. The van der Waals surface area contributed by atoms with Crippen LogP contribution in [0.4, 0.5) is 0 Å². The average molecular weight is 394 g/mol. The van der Waals surface area contributed by atoms with Crippen molar-refractivity contribution in [2.75, 3.05) is 0 Å². The molecular formula is C21H18N2O6. The first kappa shape index (κ1) is 19.7. The molecule has 148 valence electrons. The Kier molecular flexibility index (Phi) is 6.26. The summed E-state index contributed by atoms with van der Waals surface area (Å²) in [6.07, 6.45) is 4.12. The average Bonchev–Trinajstić information content (AvgIpc) is 3.41. The third-order valence-electron chi connectivity index (χ3n) is 3.95. The maximum atomic E-state index is 12.7. The Bertz CT molecular complexity index is 991. The van der Waals surface area contributed by atoms with Crippen molar-refractivity contribution < 1.29 is 28.3 Å². The molecule has 8 heteroatoms. The standard InChI is InChI=1S/C21H18N2O6/c24-19(23-17(21(26)27)12-14-6-2-1-3-7-14)16(13-15-8-4-10-28-15)22-20(25)18-9-5-11-29-18/h1-11,13,17H,12H2,(H,22,25)(H,23,24)(H,26,27)/b16-13+/t17-/m0/s1. The summed E-state index contributed by atoms with van der Waals surface area (Å²) in [5, 5.41) is 14.4. The lowest BCUT2D eigenvalue weighted by Crippen LogP contribution is -2.45. The van der Waals surface area contributed by atoms with Gasteiger partial charge in [0.2, 0.25) is 0 Å². The first-order valence-corrected chi connectivity index (χ1v) is 8.70. The summed E-state index contributed by atoms with van der Waals surface area (Å²) in [7, 11) is 0. The summed E-state index contributed by atoms with van der Waals surface area (Å²) in [5.41, 5.74) is 0.567. The second kappa shape index (κ2) is 9.23. The van der Waals surface area contributed by atoms with E-state index in [0.717, 1.165) is 5.56 Å². The van der Waals surface area contributed by atoms with E-state index in [-0.39, 0.29) is 17.9 Å². The lowest BCUT2D eigenvalue weighted by Gasteiger charge is -2.16. The van der Waals surface area contributed by atoms with Crippen molar-refractivity contribution in [3.8, 4) is 0 Å². The van der Waals surface area contributed by atoms with E-state index in [9.17, 15) is 19.5 Å². The van der Waals surface area contributed by atoms with E-state index >= 15 is 0 Å². The van der Waals surface area contributed by atoms with E-state index in [4.69, 9.17) is 8.83 Å². The molecule has 3 rings (SSSR count). The number of aliphatic carboxylic acids is 1. The van der Waals surface area contributed by atoms with E-state index in [1.165, 1.54) is 30.7 Å². The van der Waals surface area contributed by atoms with Gasteiger partial charge in [0, 0.05) is 12.5 Å². The van der Waals surface area contributed by atoms with Gasteiger partial charge in [-0.1, -0.05) is 30.3 Å². The van der Waals surface area contributed by atoms with Crippen molar-refractivity contribution >= 4 is 23.9 Å². The van der Waals surface area contributed by atoms with Gasteiger partial charge in [-0.15, -0.1) is 0 Å². The number of carboxylic acid groups (broad SMARTS) is 1. The predicted octanol–water partition coefficient (Wildman–Crippen LogP) is 2.46. The van der Waals surface area contributed by atoms with Gasteiger partial charge in [-0.2, -0.15) is 0 Å². The lowest BCUT2D eigenvalue weighted by atomic mass is 10.1. The Balaban J connectivity index is 1.79. The molecule has 0 saturated heterocycles. The Morgan fingerprint density at radius 3 is 2.31 bits per heavy atom. The first-order chi connectivity index (χ1) is 14.0. The van der Waals surface area contributed by atoms with Crippen LogP contribution in [0.2, 0.25) is 0 Å². The van der Waals surface area contributed by atoms with Gasteiger partial charge < -0.3 is 24.6 Å². The molecule has 2 aromatic heterocycles. The van der Waals surface area contributed by atoms with E-state index in [1.807, 2.05) is 6.07 Å². The summed E-state index contributed by atoms with van der Waals surface area (Å²) >= 11 is 0. The van der Waals surface area contributed by atoms with Crippen LogP contribution in [0.3, 0.4) is 0 Å². The van der Waals surface area contributed by atoms with Gasteiger partial charge in [-0.3, -0.25) is 9.59 Å². The van der Waals surface area contributed by atoms with Crippen molar-refractivity contribution in [2.45, 2.75) is 12.5 Å². The largest absolute Gasteiger partial charge is 0.480 e. The van der Waals surface area contributed by atoms with Crippen molar-refractivity contribution in [3.05, 3.63) is 89.9 Å². The zero-order valence-electron chi connectivity index (χ0n) is 15.2. The molecule has 0 spiro atoms. The van der Waals surface area contributed by atoms with Gasteiger partial charge in [-0.05, 0) is 29.8 Å². The lowest BCUT2D eigenvalue weighted by molar-refractivity contribution is -0.141. The highest BCUT2D eigenvalue weighted by Gasteiger charge is 2.24.